The summed E-state index contributed by atoms with van der Waals surface area (Å²) in [4.78, 5) is 11.0. The molecule has 0 bridgehead atoms. The second-order valence-corrected chi connectivity index (χ2v) is 3.44. The van der Waals surface area contributed by atoms with E-state index in [1.807, 2.05) is 0 Å². The molecule has 1 unspecified atom stereocenters. The molecule has 0 amide bonds. The van der Waals surface area contributed by atoms with Gasteiger partial charge in [-0.2, -0.15) is 0 Å². The predicted octanol–water partition coefficient (Wildman–Crippen LogP) is 0.208. The average molecular weight is 157 g/mol. The third kappa shape index (κ3) is 1.79. The molecule has 11 heavy (non-hydrogen) atoms. The minimum absolute atomic E-state index is 0.00218. The average Bonchev–Trinajstić information content (AvgIpc) is 1.86. The van der Waals surface area contributed by atoms with E-state index >= 15 is 0 Å². The quantitative estimate of drug-likeness (QED) is 0.572. The first kappa shape index (κ1) is 8.68. The lowest BCUT2D eigenvalue weighted by atomic mass is 9.80. The van der Waals surface area contributed by atoms with Crippen molar-refractivity contribution in [2.75, 3.05) is 0 Å². The summed E-state index contributed by atoms with van der Waals surface area (Å²) in [5.74, 6) is -0.146. The number of Topliss-reactive ketones (excluding diaryl/α,β-unsaturated/α-hetero) is 1. The molecule has 1 aliphatic carbocycles. The summed E-state index contributed by atoms with van der Waals surface area (Å²) in [7, 11) is 0. The van der Waals surface area contributed by atoms with E-state index in [1.54, 1.807) is 0 Å². The number of carbonyl (C=O) groups excluding carboxylic acids is 1. The molecule has 0 saturated heterocycles. The lowest BCUT2D eigenvalue weighted by Crippen LogP contribution is -2.46. The monoisotopic (exact) mass is 157 g/mol. The molecule has 1 aliphatic rings. The van der Waals surface area contributed by atoms with Gasteiger partial charge in [0.05, 0.1) is 0 Å². The van der Waals surface area contributed by atoms with Crippen molar-refractivity contribution in [1.29, 1.82) is 0 Å². The molecule has 64 valence electrons. The number of ketones is 1. The standard InChI is InChI=1S/C8H15NO2/c1-6(10)8(11)4-2-3-7(9)5-8/h7,11H,2-5,9H2,1H3/t7?,8-/m1/s1. The highest BCUT2D eigenvalue weighted by Crippen LogP contribution is 2.27. The van der Waals surface area contributed by atoms with Gasteiger partial charge in [-0.15, -0.1) is 0 Å². The summed E-state index contributed by atoms with van der Waals surface area (Å²) in [6.45, 7) is 1.43. The zero-order valence-corrected chi connectivity index (χ0v) is 6.84. The van der Waals surface area contributed by atoms with E-state index in [0.29, 0.717) is 12.8 Å². The first-order valence-corrected chi connectivity index (χ1v) is 4.03. The fourth-order valence-electron chi connectivity index (χ4n) is 1.61. The van der Waals surface area contributed by atoms with Crippen LogP contribution in [0.2, 0.25) is 0 Å². The number of hydrogen-bond acceptors (Lipinski definition) is 3. The van der Waals surface area contributed by atoms with Crippen LogP contribution in [0, 0.1) is 0 Å². The van der Waals surface area contributed by atoms with E-state index in [9.17, 15) is 9.90 Å². The molecule has 1 saturated carbocycles. The molecule has 0 aromatic heterocycles. The lowest BCUT2D eigenvalue weighted by molar-refractivity contribution is -0.138. The van der Waals surface area contributed by atoms with Crippen molar-refractivity contribution >= 4 is 5.78 Å². The Hall–Kier alpha value is -0.410. The number of carbonyl (C=O) groups is 1. The predicted molar refractivity (Wildman–Crippen MR) is 42.1 cm³/mol. The van der Waals surface area contributed by atoms with E-state index in [2.05, 4.69) is 0 Å². The van der Waals surface area contributed by atoms with Gasteiger partial charge >= 0.3 is 0 Å². The highest BCUT2D eigenvalue weighted by Gasteiger charge is 2.36. The Morgan fingerprint density at radius 2 is 2.36 bits per heavy atom. The Kier molecular flexibility index (Phi) is 2.30. The second kappa shape index (κ2) is 2.91. The Morgan fingerprint density at radius 1 is 1.73 bits per heavy atom. The first-order valence-electron chi connectivity index (χ1n) is 4.03. The van der Waals surface area contributed by atoms with Gasteiger partial charge in [-0.1, -0.05) is 0 Å². The smallest absolute Gasteiger partial charge is 0.161 e. The van der Waals surface area contributed by atoms with Crippen LogP contribution in [0.15, 0.2) is 0 Å². The van der Waals surface area contributed by atoms with Crippen LogP contribution in [-0.4, -0.2) is 22.5 Å². The van der Waals surface area contributed by atoms with Crippen molar-refractivity contribution in [3.63, 3.8) is 0 Å². The third-order valence-electron chi connectivity index (χ3n) is 2.42. The van der Waals surface area contributed by atoms with Gasteiger partial charge in [0, 0.05) is 6.04 Å². The van der Waals surface area contributed by atoms with Crippen LogP contribution in [0.5, 0.6) is 0 Å². The minimum Gasteiger partial charge on any atom is -0.382 e. The van der Waals surface area contributed by atoms with Gasteiger partial charge in [-0.05, 0) is 32.6 Å². The van der Waals surface area contributed by atoms with Crippen molar-refractivity contribution in [1.82, 2.24) is 0 Å². The molecule has 3 heteroatoms. The summed E-state index contributed by atoms with van der Waals surface area (Å²) in [6.07, 6.45) is 2.80. The molecule has 2 atom stereocenters. The molecule has 0 radical (unpaired) electrons. The molecule has 3 nitrogen and oxygen atoms in total. The normalized spacial score (nSPS) is 38.6. The molecule has 0 aromatic carbocycles. The second-order valence-electron chi connectivity index (χ2n) is 3.44. The molecule has 0 aliphatic heterocycles. The number of nitrogens with two attached hydrogens (primary N) is 1. The van der Waals surface area contributed by atoms with Crippen LogP contribution in [0.1, 0.15) is 32.6 Å². The molecule has 0 aromatic rings. The zero-order chi connectivity index (χ0) is 8.48. The third-order valence-corrected chi connectivity index (χ3v) is 2.42. The summed E-state index contributed by atoms with van der Waals surface area (Å²) in [6, 6.07) is -0.00218. The molecular formula is C8H15NO2. The van der Waals surface area contributed by atoms with Gasteiger partial charge < -0.3 is 10.8 Å². The maximum Gasteiger partial charge on any atom is 0.161 e. The lowest BCUT2D eigenvalue weighted by Gasteiger charge is -2.32. The fourth-order valence-corrected chi connectivity index (χ4v) is 1.61. The summed E-state index contributed by atoms with van der Waals surface area (Å²) in [5.41, 5.74) is 4.52. The topological polar surface area (TPSA) is 63.3 Å². The van der Waals surface area contributed by atoms with Crippen LogP contribution in [0.25, 0.3) is 0 Å². The molecule has 1 fully saturated rings. The maximum absolute atomic E-state index is 11.0. The molecule has 0 heterocycles. The zero-order valence-electron chi connectivity index (χ0n) is 6.84. The Labute approximate surface area is 66.6 Å². The van der Waals surface area contributed by atoms with E-state index in [0.717, 1.165) is 12.8 Å². The van der Waals surface area contributed by atoms with Crippen LogP contribution in [-0.2, 0) is 4.79 Å². The van der Waals surface area contributed by atoms with Gasteiger partial charge in [0.2, 0.25) is 0 Å². The Bertz CT molecular complexity index is 169. The van der Waals surface area contributed by atoms with Gasteiger partial charge in [-0.25, -0.2) is 0 Å². The van der Waals surface area contributed by atoms with Gasteiger partial charge in [0.1, 0.15) is 5.60 Å². The van der Waals surface area contributed by atoms with Crippen LogP contribution >= 0.6 is 0 Å². The molecule has 0 spiro atoms. The Balaban J connectivity index is 2.63. The minimum atomic E-state index is -1.11. The number of hydrogen-bond donors (Lipinski definition) is 2. The first-order chi connectivity index (χ1) is 5.04. The van der Waals surface area contributed by atoms with Crippen molar-refractivity contribution < 1.29 is 9.90 Å². The number of aliphatic hydroxyl groups is 1. The van der Waals surface area contributed by atoms with Crippen molar-refractivity contribution in [2.45, 2.75) is 44.2 Å². The molecular weight excluding hydrogens is 142 g/mol. The van der Waals surface area contributed by atoms with E-state index in [4.69, 9.17) is 5.73 Å². The highest BCUT2D eigenvalue weighted by molar-refractivity contribution is 5.84. The van der Waals surface area contributed by atoms with Crippen molar-refractivity contribution in [3.05, 3.63) is 0 Å². The van der Waals surface area contributed by atoms with E-state index < -0.39 is 5.60 Å². The largest absolute Gasteiger partial charge is 0.382 e. The van der Waals surface area contributed by atoms with Crippen LogP contribution in [0.3, 0.4) is 0 Å². The van der Waals surface area contributed by atoms with E-state index in [1.165, 1.54) is 6.92 Å². The SMILES string of the molecule is CC(=O)[C@@]1(O)CCCC(N)C1. The summed E-state index contributed by atoms with van der Waals surface area (Å²) in [5, 5.41) is 9.69. The Morgan fingerprint density at radius 3 is 2.73 bits per heavy atom. The van der Waals surface area contributed by atoms with Crippen LogP contribution < -0.4 is 5.73 Å². The van der Waals surface area contributed by atoms with Crippen molar-refractivity contribution in [3.8, 4) is 0 Å². The fraction of sp³-hybridized carbons (Fsp3) is 0.875. The molecule has 1 rings (SSSR count). The molecule has 3 N–H and O–H groups in total. The maximum atomic E-state index is 11.0. The van der Waals surface area contributed by atoms with Gasteiger partial charge in [0.25, 0.3) is 0 Å². The van der Waals surface area contributed by atoms with E-state index in [-0.39, 0.29) is 11.8 Å². The van der Waals surface area contributed by atoms with Gasteiger partial charge in [-0.3, -0.25) is 4.79 Å². The number of rotatable bonds is 1. The highest BCUT2D eigenvalue weighted by atomic mass is 16.3. The summed E-state index contributed by atoms with van der Waals surface area (Å²) < 4.78 is 0. The summed E-state index contributed by atoms with van der Waals surface area (Å²) >= 11 is 0. The van der Waals surface area contributed by atoms with Crippen molar-refractivity contribution in [2.24, 2.45) is 5.73 Å². The van der Waals surface area contributed by atoms with Crippen LogP contribution in [0.4, 0.5) is 0 Å². The van der Waals surface area contributed by atoms with Gasteiger partial charge in [0.15, 0.2) is 5.78 Å².